The first-order chi connectivity index (χ1) is 14.7. The van der Waals surface area contributed by atoms with E-state index < -0.39 is 5.97 Å². The molecule has 0 aliphatic heterocycles. The largest absolute Gasteiger partial charge is 0.497 e. The molecule has 1 aromatic heterocycles. The van der Waals surface area contributed by atoms with E-state index in [1.54, 1.807) is 25.3 Å². The number of fused-ring (bicyclic) bond motifs is 3. The first-order valence-corrected chi connectivity index (χ1v) is 9.67. The van der Waals surface area contributed by atoms with Crippen LogP contribution in [0.2, 0.25) is 0 Å². The number of aromatic nitrogens is 1. The van der Waals surface area contributed by atoms with Crippen molar-refractivity contribution < 1.29 is 14.6 Å². The molecule has 1 heterocycles. The minimum atomic E-state index is -0.943. The van der Waals surface area contributed by atoms with Crippen LogP contribution >= 0.6 is 0 Å². The summed E-state index contributed by atoms with van der Waals surface area (Å²) in [5.74, 6) is -0.171. The van der Waals surface area contributed by atoms with Gasteiger partial charge in [-0.3, -0.25) is 0 Å². The SMILES string of the molecule is COc1cccc(-c2cc3c4ccccc4ccc3n2-c2cccc(C(=O)O)c2)c1. The maximum atomic E-state index is 11.6. The van der Waals surface area contributed by atoms with Gasteiger partial charge < -0.3 is 14.4 Å². The van der Waals surface area contributed by atoms with E-state index in [4.69, 9.17) is 4.74 Å². The second-order valence-corrected chi connectivity index (χ2v) is 7.17. The average Bonchev–Trinajstić information content (AvgIpc) is 3.19. The molecule has 0 radical (unpaired) electrons. The van der Waals surface area contributed by atoms with E-state index in [2.05, 4.69) is 34.9 Å². The molecule has 0 spiro atoms. The number of carboxylic acid groups (broad SMARTS) is 1. The van der Waals surface area contributed by atoms with Crippen LogP contribution in [0.25, 0.3) is 38.6 Å². The zero-order valence-electron chi connectivity index (χ0n) is 16.4. The zero-order chi connectivity index (χ0) is 20.7. The number of carboxylic acids is 1. The highest BCUT2D eigenvalue weighted by Crippen LogP contribution is 2.36. The minimum absolute atomic E-state index is 0.256. The number of hydrogen-bond acceptors (Lipinski definition) is 2. The van der Waals surface area contributed by atoms with Crippen LogP contribution in [0.5, 0.6) is 5.75 Å². The van der Waals surface area contributed by atoms with Gasteiger partial charge in [0.25, 0.3) is 0 Å². The molecular weight excluding hydrogens is 374 g/mol. The molecule has 0 saturated heterocycles. The van der Waals surface area contributed by atoms with Gasteiger partial charge in [-0.15, -0.1) is 0 Å². The van der Waals surface area contributed by atoms with Gasteiger partial charge in [0, 0.05) is 16.6 Å². The molecule has 0 amide bonds. The number of ether oxygens (including phenoxy) is 1. The van der Waals surface area contributed by atoms with E-state index in [1.807, 2.05) is 42.5 Å². The maximum Gasteiger partial charge on any atom is 0.335 e. The lowest BCUT2D eigenvalue weighted by Crippen LogP contribution is -2.01. The first-order valence-electron chi connectivity index (χ1n) is 9.67. The summed E-state index contributed by atoms with van der Waals surface area (Å²) in [6.07, 6.45) is 0. The van der Waals surface area contributed by atoms with Crippen molar-refractivity contribution in [3.63, 3.8) is 0 Å². The van der Waals surface area contributed by atoms with Crippen LogP contribution in [0, 0.1) is 0 Å². The van der Waals surface area contributed by atoms with Crippen molar-refractivity contribution in [2.75, 3.05) is 7.11 Å². The van der Waals surface area contributed by atoms with Crippen molar-refractivity contribution in [1.82, 2.24) is 4.57 Å². The molecule has 4 nitrogen and oxygen atoms in total. The Labute approximate surface area is 173 Å². The van der Waals surface area contributed by atoms with E-state index >= 15 is 0 Å². The Morgan fingerprint density at radius 1 is 0.833 bits per heavy atom. The van der Waals surface area contributed by atoms with Gasteiger partial charge in [0.2, 0.25) is 0 Å². The fraction of sp³-hybridized carbons (Fsp3) is 0.0385. The number of aromatic carboxylic acids is 1. The van der Waals surface area contributed by atoms with E-state index in [0.717, 1.165) is 39.0 Å². The molecule has 4 heteroatoms. The molecule has 0 saturated carbocycles. The molecule has 4 aromatic carbocycles. The zero-order valence-corrected chi connectivity index (χ0v) is 16.4. The van der Waals surface area contributed by atoms with E-state index in [0.29, 0.717) is 0 Å². The summed E-state index contributed by atoms with van der Waals surface area (Å²) in [6, 6.07) is 29.6. The van der Waals surface area contributed by atoms with Crippen LogP contribution in [0.1, 0.15) is 10.4 Å². The van der Waals surface area contributed by atoms with Gasteiger partial charge in [0.05, 0.1) is 23.9 Å². The Balaban J connectivity index is 1.88. The molecular formula is C26H19NO3. The van der Waals surface area contributed by atoms with Crippen molar-refractivity contribution in [3.8, 4) is 22.7 Å². The average molecular weight is 393 g/mol. The van der Waals surface area contributed by atoms with Gasteiger partial charge in [-0.05, 0) is 53.2 Å². The van der Waals surface area contributed by atoms with Gasteiger partial charge in [-0.2, -0.15) is 0 Å². The third-order valence-corrected chi connectivity index (χ3v) is 5.43. The number of benzene rings is 4. The smallest absolute Gasteiger partial charge is 0.335 e. The van der Waals surface area contributed by atoms with Crippen LogP contribution < -0.4 is 4.74 Å². The molecule has 5 rings (SSSR count). The normalized spacial score (nSPS) is 11.1. The van der Waals surface area contributed by atoms with Gasteiger partial charge in [-0.25, -0.2) is 4.79 Å². The predicted octanol–water partition coefficient (Wildman–Crippen LogP) is 6.16. The van der Waals surface area contributed by atoms with E-state index in [-0.39, 0.29) is 5.56 Å². The van der Waals surface area contributed by atoms with Crippen molar-refractivity contribution in [3.05, 3.63) is 96.6 Å². The van der Waals surface area contributed by atoms with Gasteiger partial charge in [0.15, 0.2) is 0 Å². The van der Waals surface area contributed by atoms with Crippen LogP contribution in [-0.4, -0.2) is 22.8 Å². The predicted molar refractivity (Wildman–Crippen MR) is 120 cm³/mol. The van der Waals surface area contributed by atoms with Crippen molar-refractivity contribution >= 4 is 27.6 Å². The molecule has 30 heavy (non-hydrogen) atoms. The lowest BCUT2D eigenvalue weighted by atomic mass is 10.1. The highest BCUT2D eigenvalue weighted by atomic mass is 16.5. The van der Waals surface area contributed by atoms with Gasteiger partial charge in [0.1, 0.15) is 5.75 Å². The quantitative estimate of drug-likeness (QED) is 0.398. The van der Waals surface area contributed by atoms with E-state index in [1.165, 1.54) is 5.39 Å². The Bertz CT molecular complexity index is 1410. The topological polar surface area (TPSA) is 51.5 Å². The fourth-order valence-corrected chi connectivity index (χ4v) is 4.01. The number of rotatable bonds is 4. The molecule has 0 aliphatic rings. The number of carbonyl (C=O) groups is 1. The summed E-state index contributed by atoms with van der Waals surface area (Å²) < 4.78 is 7.54. The molecule has 0 atom stereocenters. The summed E-state index contributed by atoms with van der Waals surface area (Å²) >= 11 is 0. The number of hydrogen-bond donors (Lipinski definition) is 1. The fourth-order valence-electron chi connectivity index (χ4n) is 4.01. The highest BCUT2D eigenvalue weighted by molar-refractivity contribution is 6.09. The van der Waals surface area contributed by atoms with E-state index in [9.17, 15) is 9.90 Å². The Kier molecular flexibility index (Phi) is 4.25. The molecule has 0 bridgehead atoms. The first kappa shape index (κ1) is 18.0. The third-order valence-electron chi connectivity index (χ3n) is 5.43. The summed E-state index contributed by atoms with van der Waals surface area (Å²) in [5, 5.41) is 12.9. The van der Waals surface area contributed by atoms with Gasteiger partial charge in [-0.1, -0.05) is 48.5 Å². The molecule has 146 valence electrons. The van der Waals surface area contributed by atoms with Crippen molar-refractivity contribution in [2.45, 2.75) is 0 Å². The van der Waals surface area contributed by atoms with Gasteiger partial charge >= 0.3 is 5.97 Å². The van der Waals surface area contributed by atoms with Crippen LogP contribution in [0.3, 0.4) is 0 Å². The second kappa shape index (κ2) is 7.08. The molecule has 1 N–H and O–H groups in total. The van der Waals surface area contributed by atoms with Crippen molar-refractivity contribution in [2.24, 2.45) is 0 Å². The summed E-state index contributed by atoms with van der Waals surface area (Å²) in [5.41, 5.74) is 4.05. The minimum Gasteiger partial charge on any atom is -0.497 e. The lowest BCUT2D eigenvalue weighted by Gasteiger charge is -2.13. The monoisotopic (exact) mass is 393 g/mol. The summed E-state index contributed by atoms with van der Waals surface area (Å²) in [6.45, 7) is 0. The maximum absolute atomic E-state index is 11.6. The highest BCUT2D eigenvalue weighted by Gasteiger charge is 2.16. The summed E-state index contributed by atoms with van der Waals surface area (Å²) in [4.78, 5) is 11.6. The molecule has 0 unspecified atom stereocenters. The Hall–Kier alpha value is -4.05. The summed E-state index contributed by atoms with van der Waals surface area (Å²) in [7, 11) is 1.65. The molecule has 5 aromatic rings. The van der Waals surface area contributed by atoms with Crippen LogP contribution in [-0.2, 0) is 0 Å². The third kappa shape index (κ3) is 2.90. The van der Waals surface area contributed by atoms with Crippen LogP contribution in [0.4, 0.5) is 0 Å². The van der Waals surface area contributed by atoms with Crippen molar-refractivity contribution in [1.29, 1.82) is 0 Å². The molecule has 0 aliphatic carbocycles. The van der Waals surface area contributed by atoms with Crippen LogP contribution in [0.15, 0.2) is 91.0 Å². The number of methoxy groups -OCH3 is 1. The second-order valence-electron chi connectivity index (χ2n) is 7.17. The molecule has 0 fully saturated rings. The lowest BCUT2D eigenvalue weighted by molar-refractivity contribution is 0.0697. The Morgan fingerprint density at radius 3 is 2.50 bits per heavy atom. The Morgan fingerprint density at radius 2 is 1.67 bits per heavy atom. The number of nitrogens with zero attached hydrogens (tertiary/aromatic N) is 1. The standard InChI is InChI=1S/C26H19NO3/c1-30-21-10-5-7-18(15-21)25-16-23-22-11-3-2-6-17(22)12-13-24(23)27(25)20-9-4-8-19(14-20)26(28)29/h2-16H,1H3,(H,28,29).